The van der Waals surface area contributed by atoms with Gasteiger partial charge in [0.2, 0.25) is 5.95 Å². The number of hydrogen-bond donors (Lipinski definition) is 0. The zero-order chi connectivity index (χ0) is 16.0. The Hall–Kier alpha value is -2.75. The summed E-state index contributed by atoms with van der Waals surface area (Å²) in [7, 11) is 0. The number of piperidine rings is 1. The third kappa shape index (κ3) is 2.36. The summed E-state index contributed by atoms with van der Waals surface area (Å²) in [4.78, 5) is 22.1. The Morgan fingerprint density at radius 2 is 1.96 bits per heavy atom. The Morgan fingerprint density at radius 3 is 2.65 bits per heavy atom. The molecule has 7 nitrogen and oxygen atoms in total. The van der Waals surface area contributed by atoms with Crippen molar-refractivity contribution in [3.05, 3.63) is 35.5 Å². The highest BCUT2D eigenvalue weighted by atomic mass is 15.4. The molecule has 0 N–H and O–H groups in total. The Morgan fingerprint density at radius 1 is 1.17 bits per heavy atom. The predicted octanol–water partition coefficient (Wildman–Crippen LogP) is 1.22. The molecule has 3 aliphatic rings. The summed E-state index contributed by atoms with van der Waals surface area (Å²) in [5, 5.41) is 9.00. The molecule has 7 heteroatoms. The maximum absolute atomic E-state index is 9.00. The lowest BCUT2D eigenvalue weighted by Crippen LogP contribution is -2.69. The van der Waals surface area contributed by atoms with E-state index in [0.29, 0.717) is 23.7 Å². The van der Waals surface area contributed by atoms with Crippen LogP contribution in [-0.4, -0.2) is 45.1 Å². The van der Waals surface area contributed by atoms with Gasteiger partial charge in [0.25, 0.3) is 0 Å². The molecule has 0 aromatic carbocycles. The standard InChI is InChI=1S/C16H17N7/c1-10-5-15(20-11(2)19-10)22-8-13-6-14(9-22)23(13)16-18-4-3-12(7-17)21-16/h3-5,13-14H,6,8-9H2,1-2H3. The summed E-state index contributed by atoms with van der Waals surface area (Å²) >= 11 is 0. The fraction of sp³-hybridized carbons (Fsp3) is 0.438. The first-order valence-corrected chi connectivity index (χ1v) is 7.73. The van der Waals surface area contributed by atoms with Gasteiger partial charge in [0.15, 0.2) is 0 Å². The first-order chi connectivity index (χ1) is 11.1. The van der Waals surface area contributed by atoms with Gasteiger partial charge in [-0.1, -0.05) is 0 Å². The summed E-state index contributed by atoms with van der Waals surface area (Å²) in [6.45, 7) is 5.71. The second-order valence-corrected chi connectivity index (χ2v) is 6.12. The van der Waals surface area contributed by atoms with Crippen molar-refractivity contribution in [2.24, 2.45) is 0 Å². The molecule has 0 saturated carbocycles. The summed E-state index contributed by atoms with van der Waals surface area (Å²) in [5.74, 6) is 2.47. The van der Waals surface area contributed by atoms with Crippen LogP contribution in [0.1, 0.15) is 23.6 Å². The largest absolute Gasteiger partial charge is 0.352 e. The van der Waals surface area contributed by atoms with Gasteiger partial charge in [-0.3, -0.25) is 0 Å². The molecular formula is C16H17N7. The summed E-state index contributed by atoms with van der Waals surface area (Å²) in [6.07, 6.45) is 2.80. The molecule has 0 radical (unpaired) electrons. The Kier molecular flexibility index (Phi) is 3.11. The summed E-state index contributed by atoms with van der Waals surface area (Å²) in [5.41, 5.74) is 1.41. The molecule has 0 spiro atoms. The minimum atomic E-state index is 0.373. The average Bonchev–Trinajstić information content (AvgIpc) is 2.54. The van der Waals surface area contributed by atoms with Crippen molar-refractivity contribution in [2.45, 2.75) is 32.4 Å². The molecule has 116 valence electrons. The maximum atomic E-state index is 9.00. The zero-order valence-electron chi connectivity index (χ0n) is 13.1. The number of aromatic nitrogens is 4. The number of aryl methyl sites for hydroxylation is 2. The van der Waals surface area contributed by atoms with Gasteiger partial charge in [0, 0.05) is 31.0 Å². The van der Waals surface area contributed by atoms with Gasteiger partial charge < -0.3 is 9.80 Å². The zero-order valence-corrected chi connectivity index (χ0v) is 13.1. The highest BCUT2D eigenvalue weighted by Gasteiger charge is 2.46. The van der Waals surface area contributed by atoms with E-state index in [1.165, 1.54) is 0 Å². The van der Waals surface area contributed by atoms with Gasteiger partial charge in [0.05, 0.1) is 12.1 Å². The van der Waals surface area contributed by atoms with Crippen LogP contribution in [0.5, 0.6) is 0 Å². The highest BCUT2D eigenvalue weighted by Crippen LogP contribution is 2.36. The molecular weight excluding hydrogens is 290 g/mol. The second-order valence-electron chi connectivity index (χ2n) is 6.12. The van der Waals surface area contributed by atoms with Crippen LogP contribution in [0.4, 0.5) is 11.8 Å². The molecule has 2 aromatic rings. The summed E-state index contributed by atoms with van der Waals surface area (Å²) < 4.78 is 0. The predicted molar refractivity (Wildman–Crippen MR) is 85.1 cm³/mol. The van der Waals surface area contributed by atoms with Crippen LogP contribution in [-0.2, 0) is 0 Å². The SMILES string of the molecule is Cc1cc(N2CC3CC(C2)N3c2nccc(C#N)n2)nc(C)n1. The van der Waals surface area contributed by atoms with Crippen molar-refractivity contribution in [3.63, 3.8) is 0 Å². The summed E-state index contributed by atoms with van der Waals surface area (Å²) in [6, 6.07) is 6.50. The lowest BCUT2D eigenvalue weighted by atomic mass is 9.88. The molecule has 2 atom stereocenters. The van der Waals surface area contributed by atoms with E-state index in [9.17, 15) is 0 Å². The molecule has 2 unspecified atom stereocenters. The number of hydrogen-bond acceptors (Lipinski definition) is 7. The average molecular weight is 307 g/mol. The van der Waals surface area contributed by atoms with Crippen LogP contribution < -0.4 is 9.80 Å². The Labute approximate surface area is 134 Å². The van der Waals surface area contributed by atoms with Crippen LogP contribution >= 0.6 is 0 Å². The van der Waals surface area contributed by atoms with Crippen molar-refractivity contribution in [3.8, 4) is 6.07 Å². The van der Waals surface area contributed by atoms with E-state index in [4.69, 9.17) is 5.26 Å². The number of fused-ring (bicyclic) bond motifs is 2. The van der Waals surface area contributed by atoms with Crippen molar-refractivity contribution >= 4 is 11.8 Å². The lowest BCUT2D eigenvalue weighted by Gasteiger charge is -2.56. The molecule has 3 aliphatic heterocycles. The molecule has 5 heterocycles. The molecule has 3 fully saturated rings. The van der Waals surface area contributed by atoms with E-state index >= 15 is 0 Å². The van der Waals surface area contributed by atoms with Gasteiger partial charge in [-0.15, -0.1) is 0 Å². The first kappa shape index (κ1) is 13.9. The van der Waals surface area contributed by atoms with E-state index < -0.39 is 0 Å². The minimum absolute atomic E-state index is 0.373. The van der Waals surface area contributed by atoms with E-state index in [1.807, 2.05) is 19.9 Å². The Bertz CT molecular complexity index is 765. The lowest BCUT2D eigenvalue weighted by molar-refractivity contribution is 0.285. The topological polar surface area (TPSA) is 81.8 Å². The minimum Gasteiger partial charge on any atom is -0.352 e. The van der Waals surface area contributed by atoms with Gasteiger partial charge in [-0.05, 0) is 26.3 Å². The fourth-order valence-corrected chi connectivity index (χ4v) is 3.52. The number of nitrogens with zero attached hydrogens (tertiary/aromatic N) is 7. The number of nitriles is 1. The van der Waals surface area contributed by atoms with E-state index in [-0.39, 0.29) is 0 Å². The third-order valence-corrected chi connectivity index (χ3v) is 4.46. The van der Waals surface area contributed by atoms with Crippen LogP contribution in [0.3, 0.4) is 0 Å². The number of anilines is 2. The van der Waals surface area contributed by atoms with Gasteiger partial charge in [-0.2, -0.15) is 5.26 Å². The quantitative estimate of drug-likeness (QED) is 0.825. The van der Waals surface area contributed by atoms with Crippen molar-refractivity contribution in [1.82, 2.24) is 19.9 Å². The third-order valence-electron chi connectivity index (χ3n) is 4.46. The molecule has 3 saturated heterocycles. The van der Waals surface area contributed by atoms with Crippen LogP contribution in [0.25, 0.3) is 0 Å². The van der Waals surface area contributed by atoms with E-state index in [2.05, 4.69) is 35.8 Å². The molecule has 2 bridgehead atoms. The molecule has 0 amide bonds. The van der Waals surface area contributed by atoms with E-state index in [0.717, 1.165) is 36.8 Å². The number of rotatable bonds is 2. The van der Waals surface area contributed by atoms with Crippen molar-refractivity contribution in [2.75, 3.05) is 22.9 Å². The van der Waals surface area contributed by atoms with Gasteiger partial charge in [0.1, 0.15) is 23.4 Å². The van der Waals surface area contributed by atoms with Crippen molar-refractivity contribution < 1.29 is 0 Å². The molecule has 2 aromatic heterocycles. The maximum Gasteiger partial charge on any atom is 0.227 e. The normalized spacial score (nSPS) is 22.5. The van der Waals surface area contributed by atoms with Crippen LogP contribution in [0.2, 0.25) is 0 Å². The Balaban J connectivity index is 1.55. The molecule has 5 rings (SSSR count). The van der Waals surface area contributed by atoms with Gasteiger partial charge >= 0.3 is 0 Å². The first-order valence-electron chi connectivity index (χ1n) is 7.73. The second kappa shape index (κ2) is 5.16. The molecule has 0 aliphatic carbocycles. The van der Waals surface area contributed by atoms with E-state index in [1.54, 1.807) is 12.3 Å². The highest BCUT2D eigenvalue weighted by molar-refractivity contribution is 5.50. The van der Waals surface area contributed by atoms with Crippen LogP contribution in [0, 0.1) is 25.2 Å². The van der Waals surface area contributed by atoms with Crippen LogP contribution in [0.15, 0.2) is 18.3 Å². The molecule has 23 heavy (non-hydrogen) atoms. The number of piperazine rings is 1. The fourth-order valence-electron chi connectivity index (χ4n) is 3.52. The smallest absolute Gasteiger partial charge is 0.227 e. The van der Waals surface area contributed by atoms with Gasteiger partial charge in [-0.25, -0.2) is 19.9 Å². The monoisotopic (exact) mass is 307 g/mol. The van der Waals surface area contributed by atoms with Crippen molar-refractivity contribution in [1.29, 1.82) is 5.26 Å².